The molecule has 0 aliphatic carbocycles. The molecule has 0 fully saturated rings. The SMILES string of the molecule is CCCCCCCCOc1ccc2c(CC)c(OCCCCCCBr)ccc2c1. The summed E-state index contributed by atoms with van der Waals surface area (Å²) >= 11 is 3.49. The minimum Gasteiger partial charge on any atom is -0.494 e. The van der Waals surface area contributed by atoms with Crippen molar-refractivity contribution in [3.05, 3.63) is 35.9 Å². The van der Waals surface area contributed by atoms with Gasteiger partial charge in [0.25, 0.3) is 0 Å². The maximum Gasteiger partial charge on any atom is 0.123 e. The van der Waals surface area contributed by atoms with Crippen molar-refractivity contribution in [3.8, 4) is 11.5 Å². The first-order valence-electron chi connectivity index (χ1n) is 11.7. The summed E-state index contributed by atoms with van der Waals surface area (Å²) in [5.74, 6) is 2.02. The molecule has 0 aliphatic rings. The van der Waals surface area contributed by atoms with E-state index in [9.17, 15) is 0 Å². The number of benzene rings is 2. The Labute approximate surface area is 186 Å². The molecule has 29 heavy (non-hydrogen) atoms. The lowest BCUT2D eigenvalue weighted by Crippen LogP contribution is -2.01. The topological polar surface area (TPSA) is 18.5 Å². The molecule has 0 amide bonds. The lowest BCUT2D eigenvalue weighted by atomic mass is 10.0. The van der Waals surface area contributed by atoms with Crippen LogP contribution in [-0.4, -0.2) is 18.5 Å². The van der Waals surface area contributed by atoms with Crippen molar-refractivity contribution in [2.45, 2.75) is 84.5 Å². The van der Waals surface area contributed by atoms with Crippen molar-refractivity contribution in [1.82, 2.24) is 0 Å². The molecule has 0 aromatic heterocycles. The molecule has 0 heterocycles. The van der Waals surface area contributed by atoms with Gasteiger partial charge in [0.15, 0.2) is 0 Å². The highest BCUT2D eigenvalue weighted by atomic mass is 79.9. The van der Waals surface area contributed by atoms with Gasteiger partial charge in [0.2, 0.25) is 0 Å². The van der Waals surface area contributed by atoms with E-state index in [-0.39, 0.29) is 0 Å². The Morgan fingerprint density at radius 2 is 1.41 bits per heavy atom. The van der Waals surface area contributed by atoms with Gasteiger partial charge in [-0.3, -0.25) is 0 Å². The predicted molar refractivity (Wildman–Crippen MR) is 130 cm³/mol. The van der Waals surface area contributed by atoms with Gasteiger partial charge < -0.3 is 9.47 Å². The van der Waals surface area contributed by atoms with Crippen LogP contribution in [0.25, 0.3) is 10.8 Å². The number of halogens is 1. The molecular weight excluding hydrogens is 424 g/mol. The second-order valence-corrected chi connectivity index (χ2v) is 8.64. The number of rotatable bonds is 16. The molecule has 0 radical (unpaired) electrons. The molecule has 3 heteroatoms. The average Bonchev–Trinajstić information content (AvgIpc) is 2.75. The lowest BCUT2D eigenvalue weighted by molar-refractivity contribution is 0.302. The molecule has 0 N–H and O–H groups in total. The second kappa shape index (κ2) is 14.7. The maximum absolute atomic E-state index is 6.12. The van der Waals surface area contributed by atoms with E-state index in [0.717, 1.165) is 49.3 Å². The zero-order chi connectivity index (χ0) is 20.7. The molecule has 162 valence electrons. The van der Waals surface area contributed by atoms with Gasteiger partial charge >= 0.3 is 0 Å². The first-order valence-corrected chi connectivity index (χ1v) is 12.8. The summed E-state index contributed by atoms with van der Waals surface area (Å²) in [6, 6.07) is 10.8. The fraction of sp³-hybridized carbons (Fsp3) is 0.615. The first kappa shape index (κ1) is 24.1. The number of alkyl halides is 1. The molecule has 2 aromatic carbocycles. The highest BCUT2D eigenvalue weighted by Crippen LogP contribution is 2.31. The van der Waals surface area contributed by atoms with Crippen molar-refractivity contribution >= 4 is 26.7 Å². The number of hydrogen-bond donors (Lipinski definition) is 0. The molecule has 0 atom stereocenters. The van der Waals surface area contributed by atoms with Crippen LogP contribution < -0.4 is 9.47 Å². The van der Waals surface area contributed by atoms with Crippen LogP contribution in [0.2, 0.25) is 0 Å². The van der Waals surface area contributed by atoms with E-state index in [1.807, 2.05) is 0 Å². The molecule has 0 saturated heterocycles. The molecule has 2 aromatic rings. The van der Waals surface area contributed by atoms with Gasteiger partial charge in [-0.15, -0.1) is 0 Å². The summed E-state index contributed by atoms with van der Waals surface area (Å²) in [6.45, 7) is 6.09. The highest BCUT2D eigenvalue weighted by molar-refractivity contribution is 9.09. The Hall–Kier alpha value is -1.22. The van der Waals surface area contributed by atoms with Gasteiger partial charge in [-0.05, 0) is 54.7 Å². The number of aryl methyl sites for hydroxylation is 1. The van der Waals surface area contributed by atoms with E-state index in [2.05, 4.69) is 60.1 Å². The molecule has 0 bridgehead atoms. The van der Waals surface area contributed by atoms with Crippen LogP contribution in [0.4, 0.5) is 0 Å². The third-order valence-electron chi connectivity index (χ3n) is 5.47. The third kappa shape index (κ3) is 8.58. The summed E-state index contributed by atoms with van der Waals surface area (Å²) in [4.78, 5) is 0. The maximum atomic E-state index is 6.12. The van der Waals surface area contributed by atoms with E-state index in [1.54, 1.807) is 0 Å². The average molecular weight is 464 g/mol. The number of hydrogen-bond acceptors (Lipinski definition) is 2. The zero-order valence-corrected chi connectivity index (χ0v) is 20.1. The third-order valence-corrected chi connectivity index (χ3v) is 6.03. The standard InChI is InChI=1S/C26H39BrO2/c1-3-5-6-7-9-12-19-28-23-15-16-25-22(21-23)14-17-26(24(25)4-2)29-20-13-10-8-11-18-27/h14-17,21H,3-13,18-20H2,1-2H3. The van der Waals surface area contributed by atoms with Crippen LogP contribution >= 0.6 is 15.9 Å². The second-order valence-electron chi connectivity index (χ2n) is 7.85. The Morgan fingerprint density at radius 1 is 0.724 bits per heavy atom. The molecule has 2 nitrogen and oxygen atoms in total. The Kier molecular flexibility index (Phi) is 12.2. The minimum absolute atomic E-state index is 0.806. The van der Waals surface area contributed by atoms with Crippen molar-refractivity contribution < 1.29 is 9.47 Å². The van der Waals surface area contributed by atoms with E-state index in [0.29, 0.717) is 0 Å². The summed E-state index contributed by atoms with van der Waals surface area (Å²) in [5.41, 5.74) is 1.31. The van der Waals surface area contributed by atoms with Crippen molar-refractivity contribution in [1.29, 1.82) is 0 Å². The van der Waals surface area contributed by atoms with Gasteiger partial charge in [0, 0.05) is 10.9 Å². The fourth-order valence-corrected chi connectivity index (χ4v) is 4.14. The van der Waals surface area contributed by atoms with E-state index in [4.69, 9.17) is 9.47 Å². The van der Waals surface area contributed by atoms with E-state index >= 15 is 0 Å². The van der Waals surface area contributed by atoms with Crippen LogP contribution in [0.5, 0.6) is 11.5 Å². The normalized spacial score (nSPS) is 11.1. The van der Waals surface area contributed by atoms with Gasteiger partial charge in [-0.2, -0.15) is 0 Å². The summed E-state index contributed by atoms with van der Waals surface area (Å²) < 4.78 is 12.1. The van der Waals surface area contributed by atoms with Crippen LogP contribution in [0.1, 0.15) is 83.6 Å². The summed E-state index contributed by atoms with van der Waals surface area (Å²) in [5, 5.41) is 3.63. The number of ether oxygens (including phenoxy) is 2. The zero-order valence-electron chi connectivity index (χ0n) is 18.5. The van der Waals surface area contributed by atoms with Crippen LogP contribution in [-0.2, 0) is 6.42 Å². The molecule has 2 rings (SSSR count). The Bertz CT molecular complexity index is 698. The summed E-state index contributed by atoms with van der Waals surface area (Å²) in [7, 11) is 0. The molecule has 0 spiro atoms. The summed E-state index contributed by atoms with van der Waals surface area (Å²) in [6.07, 6.45) is 13.6. The van der Waals surface area contributed by atoms with Crippen LogP contribution in [0, 0.1) is 0 Å². The highest BCUT2D eigenvalue weighted by Gasteiger charge is 2.08. The van der Waals surface area contributed by atoms with E-state index in [1.165, 1.54) is 67.7 Å². The first-order chi connectivity index (χ1) is 14.3. The van der Waals surface area contributed by atoms with Crippen molar-refractivity contribution in [2.75, 3.05) is 18.5 Å². The Balaban J connectivity index is 1.87. The van der Waals surface area contributed by atoms with Crippen LogP contribution in [0.3, 0.4) is 0 Å². The molecule has 0 unspecified atom stereocenters. The van der Waals surface area contributed by atoms with Crippen molar-refractivity contribution in [2.24, 2.45) is 0 Å². The van der Waals surface area contributed by atoms with Crippen LogP contribution in [0.15, 0.2) is 30.3 Å². The molecule has 0 saturated carbocycles. The Morgan fingerprint density at radius 3 is 2.14 bits per heavy atom. The minimum atomic E-state index is 0.806. The van der Waals surface area contributed by atoms with Gasteiger partial charge in [-0.1, -0.05) is 86.9 Å². The van der Waals surface area contributed by atoms with E-state index < -0.39 is 0 Å². The fourth-order valence-electron chi connectivity index (χ4n) is 3.75. The number of unbranched alkanes of at least 4 members (excludes halogenated alkanes) is 8. The molecule has 0 aliphatic heterocycles. The van der Waals surface area contributed by atoms with Gasteiger partial charge in [0.1, 0.15) is 11.5 Å². The largest absolute Gasteiger partial charge is 0.494 e. The lowest BCUT2D eigenvalue weighted by Gasteiger charge is -2.14. The van der Waals surface area contributed by atoms with Gasteiger partial charge in [0.05, 0.1) is 13.2 Å². The smallest absolute Gasteiger partial charge is 0.123 e. The quantitative estimate of drug-likeness (QED) is 0.184. The monoisotopic (exact) mass is 462 g/mol. The van der Waals surface area contributed by atoms with Crippen molar-refractivity contribution in [3.63, 3.8) is 0 Å². The number of fused-ring (bicyclic) bond motifs is 1. The van der Waals surface area contributed by atoms with Gasteiger partial charge in [-0.25, -0.2) is 0 Å². The molecular formula is C26H39BrO2. The predicted octanol–water partition coefficient (Wildman–Crippen LogP) is 8.48.